The van der Waals surface area contributed by atoms with Crippen molar-refractivity contribution in [3.8, 4) is 0 Å². The maximum atomic E-state index is 19.7. The Labute approximate surface area is 452 Å². The Balaban J connectivity index is 1.22. The quantitative estimate of drug-likeness (QED) is 0.0839. The lowest BCUT2D eigenvalue weighted by molar-refractivity contribution is -0.219. The number of fused-ring (bicyclic) bond motifs is 10. The number of carbonyl (C=O) groups is 6. The van der Waals surface area contributed by atoms with Crippen molar-refractivity contribution in [2.75, 3.05) is 53.9 Å². The van der Waals surface area contributed by atoms with Crippen LogP contribution in [0.25, 0.3) is 0 Å². The molecule has 0 heterocycles. The minimum Gasteiger partial charge on any atom is -0.483 e. The Morgan fingerprint density at radius 3 is 1.68 bits per heavy atom. The van der Waals surface area contributed by atoms with Crippen LogP contribution < -0.4 is 0 Å². The smallest absolute Gasteiger partial charge is 0.310 e. The number of Topliss-reactive ketones (excluding diaryl/α,β-unsaturated/α-hetero) is 2. The number of aliphatic hydroxyl groups excluding tert-OH is 3. The standard InChI is InChI=1S/C58H76F2O18/c1-11-47(66)77-41-24-36-34-20-31(4)58(71,53(34,7)26-44(64)55(36,59)51(5)14-13-32(61)21-38(41)51)50(69)43(29-75-18-16-73-10)76-46-23-33(62)22-39-42(78-48(67)12-2)25-37-35-19-30(3)57(70,49(68)40(63)28-74-17-15-72-9)52(35,6)27-45(65)56(37,60)54(39,46)8/h13-14,21-25,30-31,34-37,40,43-45,63-65,70-71H,11-12,15-20,26-29H2,1-10H3/t30?,31?,34-,35-,36-,37-,40?,43?,44?,45?,51-,52-,53-,54+,55-,56-,57-,58-/m0/s1. The molecular weight excluding hydrogens is 1020 g/mol. The largest absolute Gasteiger partial charge is 0.483 e. The van der Waals surface area contributed by atoms with Gasteiger partial charge in [-0.05, 0) is 93.6 Å². The molecule has 4 fully saturated rings. The number of halogens is 2. The molecule has 78 heavy (non-hydrogen) atoms. The second kappa shape index (κ2) is 21.0. The first-order valence-corrected chi connectivity index (χ1v) is 27.1. The van der Waals surface area contributed by atoms with E-state index in [4.69, 9.17) is 33.2 Å². The summed E-state index contributed by atoms with van der Waals surface area (Å²) in [5, 5.41) is 62.2. The monoisotopic (exact) mass is 1100 g/mol. The van der Waals surface area contributed by atoms with Crippen LogP contribution in [0.2, 0.25) is 0 Å². The Hall–Kier alpha value is -4.64. The van der Waals surface area contributed by atoms with E-state index in [0.29, 0.717) is 0 Å². The number of ether oxygens (including phenoxy) is 7. The number of methoxy groups -OCH3 is 2. The zero-order valence-electron chi connectivity index (χ0n) is 46.1. The lowest BCUT2D eigenvalue weighted by Gasteiger charge is -2.62. The summed E-state index contributed by atoms with van der Waals surface area (Å²) in [5.41, 5.74) is -18.0. The molecule has 20 heteroatoms. The van der Waals surface area contributed by atoms with Gasteiger partial charge >= 0.3 is 11.9 Å². The number of rotatable bonds is 20. The highest BCUT2D eigenvalue weighted by Gasteiger charge is 2.79. The molecule has 0 aromatic carbocycles. The van der Waals surface area contributed by atoms with Crippen molar-refractivity contribution in [2.45, 2.75) is 141 Å². The van der Waals surface area contributed by atoms with Crippen molar-refractivity contribution >= 4 is 35.1 Å². The van der Waals surface area contributed by atoms with Crippen LogP contribution in [-0.4, -0.2) is 161 Å². The summed E-state index contributed by atoms with van der Waals surface area (Å²) < 4.78 is 78.2. The molecule has 6 unspecified atom stereocenters. The van der Waals surface area contributed by atoms with E-state index in [0.717, 1.165) is 12.2 Å². The fraction of sp³-hybridized carbons (Fsp3) is 0.690. The number of ketones is 4. The van der Waals surface area contributed by atoms with Gasteiger partial charge in [0.2, 0.25) is 5.78 Å². The van der Waals surface area contributed by atoms with Gasteiger partial charge in [-0.3, -0.25) is 28.8 Å². The number of allylic oxidation sites excluding steroid dienone is 10. The van der Waals surface area contributed by atoms with E-state index in [1.807, 2.05) is 0 Å². The van der Waals surface area contributed by atoms with Gasteiger partial charge in [-0.15, -0.1) is 0 Å². The third-order valence-electron chi connectivity index (χ3n) is 19.9. The second-order valence-electron chi connectivity index (χ2n) is 23.7. The maximum absolute atomic E-state index is 19.7. The number of hydrogen-bond acceptors (Lipinski definition) is 18. The number of hydrogen-bond donors (Lipinski definition) is 5. The van der Waals surface area contributed by atoms with Crippen LogP contribution >= 0.6 is 0 Å². The average Bonchev–Trinajstić information content (AvgIpc) is 3.81. The number of aliphatic hydroxyl groups is 5. The minimum atomic E-state index is -2.95. The highest BCUT2D eigenvalue weighted by molar-refractivity contribution is 6.03. The van der Waals surface area contributed by atoms with Gasteiger partial charge in [-0.2, -0.15) is 0 Å². The molecule has 0 aromatic heterocycles. The van der Waals surface area contributed by atoms with Crippen LogP contribution in [-0.2, 0) is 61.9 Å². The van der Waals surface area contributed by atoms with Crippen molar-refractivity contribution in [3.63, 3.8) is 0 Å². The third-order valence-corrected chi connectivity index (χ3v) is 19.9. The van der Waals surface area contributed by atoms with E-state index in [-0.39, 0.29) is 74.8 Å². The number of alkyl halides is 2. The van der Waals surface area contributed by atoms with Crippen LogP contribution in [0.5, 0.6) is 0 Å². The Morgan fingerprint density at radius 1 is 0.679 bits per heavy atom. The van der Waals surface area contributed by atoms with Crippen molar-refractivity contribution in [3.05, 3.63) is 71.0 Å². The van der Waals surface area contributed by atoms with Crippen molar-refractivity contribution in [1.29, 1.82) is 0 Å². The van der Waals surface area contributed by atoms with Crippen molar-refractivity contribution in [2.24, 2.45) is 57.2 Å². The summed E-state index contributed by atoms with van der Waals surface area (Å²) >= 11 is 0. The molecular formula is C58H76F2O18. The van der Waals surface area contributed by atoms with E-state index in [1.165, 1.54) is 72.3 Å². The van der Waals surface area contributed by atoms with Gasteiger partial charge in [0, 0.05) is 66.9 Å². The van der Waals surface area contributed by atoms with Crippen LogP contribution in [0, 0.1) is 57.2 Å². The maximum Gasteiger partial charge on any atom is 0.310 e. The van der Waals surface area contributed by atoms with Crippen LogP contribution in [0.1, 0.15) is 93.9 Å². The molecule has 0 saturated heterocycles. The van der Waals surface area contributed by atoms with E-state index >= 15 is 13.6 Å². The predicted molar refractivity (Wildman–Crippen MR) is 271 cm³/mol. The second-order valence-corrected chi connectivity index (χ2v) is 23.7. The van der Waals surface area contributed by atoms with Crippen LogP contribution in [0.4, 0.5) is 8.78 Å². The Kier molecular flexibility index (Phi) is 16.0. The summed E-state index contributed by atoms with van der Waals surface area (Å²) in [6.45, 7) is 11.1. The zero-order valence-corrected chi connectivity index (χ0v) is 46.1. The molecule has 8 aliphatic rings. The summed E-state index contributed by atoms with van der Waals surface area (Å²) in [6.07, 6.45) is -0.855. The van der Waals surface area contributed by atoms with E-state index in [1.54, 1.807) is 27.7 Å². The first-order chi connectivity index (χ1) is 36.5. The molecule has 0 amide bonds. The summed E-state index contributed by atoms with van der Waals surface area (Å²) in [4.78, 5) is 83.2. The first kappa shape index (κ1) is 59.5. The molecule has 5 N–H and O–H groups in total. The zero-order chi connectivity index (χ0) is 57.5. The first-order valence-electron chi connectivity index (χ1n) is 27.1. The predicted octanol–water partition coefficient (Wildman–Crippen LogP) is 4.33. The van der Waals surface area contributed by atoms with Gasteiger partial charge in [0.1, 0.15) is 34.6 Å². The van der Waals surface area contributed by atoms with Gasteiger partial charge < -0.3 is 58.7 Å². The molecule has 0 spiro atoms. The highest BCUT2D eigenvalue weighted by Crippen LogP contribution is 2.73. The Bertz CT molecular complexity index is 2680. The van der Waals surface area contributed by atoms with Gasteiger partial charge in [-0.25, -0.2) is 8.78 Å². The van der Waals surface area contributed by atoms with E-state index in [9.17, 15) is 49.5 Å². The molecule has 18 nitrogen and oxygen atoms in total. The van der Waals surface area contributed by atoms with Crippen LogP contribution in [0.15, 0.2) is 71.0 Å². The molecule has 0 aliphatic heterocycles. The lowest BCUT2D eigenvalue weighted by Crippen LogP contribution is -2.70. The van der Waals surface area contributed by atoms with Gasteiger partial charge in [0.15, 0.2) is 34.8 Å². The van der Waals surface area contributed by atoms with E-state index < -0.39 is 171 Å². The fourth-order valence-electron chi connectivity index (χ4n) is 15.6. The molecule has 430 valence electrons. The normalized spacial score (nSPS) is 41.9. The molecule has 8 aliphatic carbocycles. The summed E-state index contributed by atoms with van der Waals surface area (Å²) in [7, 11) is 2.85. The molecule has 4 saturated carbocycles. The van der Waals surface area contributed by atoms with Crippen LogP contribution in [0.3, 0.4) is 0 Å². The van der Waals surface area contributed by atoms with Crippen molar-refractivity contribution < 1.29 is 96.2 Å². The Morgan fingerprint density at radius 2 is 1.15 bits per heavy atom. The molecule has 0 aromatic rings. The fourth-order valence-corrected chi connectivity index (χ4v) is 15.6. The topological polar surface area (TPSA) is 268 Å². The van der Waals surface area contributed by atoms with Gasteiger partial charge in [0.25, 0.3) is 0 Å². The van der Waals surface area contributed by atoms with Gasteiger partial charge in [0.05, 0.1) is 62.7 Å². The minimum absolute atomic E-state index is 0.0237. The van der Waals surface area contributed by atoms with Crippen molar-refractivity contribution in [1.82, 2.24) is 0 Å². The van der Waals surface area contributed by atoms with Gasteiger partial charge in [-0.1, -0.05) is 47.6 Å². The molecule has 18 atom stereocenters. The molecule has 0 bridgehead atoms. The lowest BCUT2D eigenvalue weighted by atomic mass is 9.45. The SMILES string of the molecule is CCC(=O)OC1=C[C@H]2[C@@H]3CC(C)[C@](O)(C(=O)C(O)COCCOC)[C@@]3(C)CC(O)[C@]2(F)[C@@]2(C)C(OC(COCCOC)C(=O)[C@@]3(O)C(C)C[C@H]4[C@@H]5C=C(OC(=O)CC)C6=CC(=O)C=C[C@]6(C)[C@@]5(F)C(O)C[C@@]43C)=CC(=O)C=C12. The summed E-state index contributed by atoms with van der Waals surface area (Å²) in [6, 6.07) is 0. The highest BCUT2D eigenvalue weighted by atomic mass is 19.1. The summed E-state index contributed by atoms with van der Waals surface area (Å²) in [5.74, 6) is -12.5. The number of esters is 2. The van der Waals surface area contributed by atoms with E-state index in [2.05, 4.69) is 0 Å². The molecule has 0 radical (unpaired) electrons. The average molecular weight is 1100 g/mol. The third kappa shape index (κ3) is 8.38. The molecule has 8 rings (SSSR count). The number of carbonyl (C=O) groups excluding carboxylic acids is 6.